The lowest BCUT2D eigenvalue weighted by Crippen LogP contribution is -2.28. The monoisotopic (exact) mass is 286 g/mol. The number of aryl methyl sites for hydroxylation is 1. The fraction of sp³-hybridized carbons (Fsp3) is 0.556. The Balaban J connectivity index is 1.64. The van der Waals surface area contributed by atoms with Crippen molar-refractivity contribution >= 4 is 10.9 Å². The number of ether oxygens (including phenoxy) is 1. The van der Waals surface area contributed by atoms with Crippen molar-refractivity contribution in [2.75, 3.05) is 19.8 Å². The molecule has 21 heavy (non-hydrogen) atoms. The second-order valence-electron chi connectivity index (χ2n) is 6.43. The maximum Gasteiger partial charge on any atom is 0.0591 e. The third-order valence-electron chi connectivity index (χ3n) is 4.20. The van der Waals surface area contributed by atoms with Crippen molar-refractivity contribution < 1.29 is 4.74 Å². The summed E-state index contributed by atoms with van der Waals surface area (Å²) in [6, 6.07) is 9.10. The molecule has 0 fully saturated rings. The number of benzene rings is 1. The standard InChI is InChI=1S/C18H26N2O/c1-13(2)12-21-11-10-19-17-9-5-7-15-14-6-3-4-8-16(14)20-18(15)17/h3-4,6,8,13,17,19-20H,5,7,9-12H2,1-2H3. The van der Waals surface area contributed by atoms with Crippen molar-refractivity contribution in [2.45, 2.75) is 39.2 Å². The lowest BCUT2D eigenvalue weighted by molar-refractivity contribution is 0.109. The number of nitrogens with one attached hydrogen (secondary N) is 2. The third kappa shape index (κ3) is 3.30. The van der Waals surface area contributed by atoms with Crippen LogP contribution < -0.4 is 5.32 Å². The Bertz CT molecular complexity index is 588. The molecule has 1 unspecified atom stereocenters. The summed E-state index contributed by atoms with van der Waals surface area (Å²) in [5.74, 6) is 0.611. The molecule has 0 saturated heterocycles. The van der Waals surface area contributed by atoms with Gasteiger partial charge in [0, 0.05) is 35.8 Å². The van der Waals surface area contributed by atoms with Crippen LogP contribution in [-0.4, -0.2) is 24.7 Å². The first-order chi connectivity index (χ1) is 10.3. The van der Waals surface area contributed by atoms with Gasteiger partial charge in [-0.3, -0.25) is 0 Å². The molecule has 3 nitrogen and oxygen atoms in total. The molecule has 1 aromatic heterocycles. The van der Waals surface area contributed by atoms with Crippen LogP contribution in [-0.2, 0) is 11.2 Å². The van der Waals surface area contributed by atoms with Gasteiger partial charge in [0.25, 0.3) is 0 Å². The average molecular weight is 286 g/mol. The molecule has 1 aliphatic rings. The quantitative estimate of drug-likeness (QED) is 0.792. The van der Waals surface area contributed by atoms with Gasteiger partial charge in [-0.1, -0.05) is 32.0 Å². The Kier molecular flexibility index (Phi) is 4.61. The van der Waals surface area contributed by atoms with Gasteiger partial charge in [0.1, 0.15) is 0 Å². The van der Waals surface area contributed by atoms with E-state index < -0.39 is 0 Å². The maximum atomic E-state index is 5.66. The molecule has 1 aliphatic carbocycles. The first kappa shape index (κ1) is 14.6. The van der Waals surface area contributed by atoms with E-state index in [2.05, 4.69) is 48.4 Å². The van der Waals surface area contributed by atoms with E-state index in [-0.39, 0.29) is 0 Å². The van der Waals surface area contributed by atoms with Crippen LogP contribution in [0.1, 0.15) is 44.0 Å². The number of hydrogen-bond acceptors (Lipinski definition) is 2. The van der Waals surface area contributed by atoms with Crippen LogP contribution in [0.25, 0.3) is 10.9 Å². The second kappa shape index (κ2) is 6.63. The zero-order valence-corrected chi connectivity index (χ0v) is 13.1. The van der Waals surface area contributed by atoms with E-state index in [4.69, 9.17) is 4.74 Å². The molecule has 0 amide bonds. The molecular weight excluding hydrogens is 260 g/mol. The van der Waals surface area contributed by atoms with Crippen LogP contribution in [0, 0.1) is 5.92 Å². The number of fused-ring (bicyclic) bond motifs is 3. The molecule has 0 saturated carbocycles. The van der Waals surface area contributed by atoms with Crippen molar-refractivity contribution in [3.05, 3.63) is 35.5 Å². The lowest BCUT2D eigenvalue weighted by Gasteiger charge is -2.24. The molecule has 3 rings (SSSR count). The van der Waals surface area contributed by atoms with E-state index in [0.717, 1.165) is 19.8 Å². The number of aromatic nitrogens is 1. The van der Waals surface area contributed by atoms with Gasteiger partial charge >= 0.3 is 0 Å². The largest absolute Gasteiger partial charge is 0.380 e. The van der Waals surface area contributed by atoms with E-state index in [0.29, 0.717) is 12.0 Å². The van der Waals surface area contributed by atoms with Crippen LogP contribution in [0.15, 0.2) is 24.3 Å². The summed E-state index contributed by atoms with van der Waals surface area (Å²) in [6.07, 6.45) is 3.67. The molecule has 0 bridgehead atoms. The fourth-order valence-corrected chi connectivity index (χ4v) is 3.24. The van der Waals surface area contributed by atoms with Crippen LogP contribution in [0.5, 0.6) is 0 Å². The normalized spacial score (nSPS) is 18.3. The predicted octanol–water partition coefficient (Wildman–Crippen LogP) is 3.81. The summed E-state index contributed by atoms with van der Waals surface area (Å²) in [5, 5.41) is 5.05. The zero-order chi connectivity index (χ0) is 14.7. The highest BCUT2D eigenvalue weighted by atomic mass is 16.5. The predicted molar refractivity (Wildman–Crippen MR) is 87.6 cm³/mol. The fourth-order valence-electron chi connectivity index (χ4n) is 3.24. The molecule has 1 aromatic carbocycles. The van der Waals surface area contributed by atoms with Gasteiger partial charge in [-0.15, -0.1) is 0 Å². The van der Waals surface area contributed by atoms with E-state index in [1.54, 1.807) is 0 Å². The highest BCUT2D eigenvalue weighted by molar-refractivity contribution is 5.85. The molecule has 1 atom stereocenters. The minimum Gasteiger partial charge on any atom is -0.380 e. The van der Waals surface area contributed by atoms with E-state index in [1.807, 2.05) is 0 Å². The summed E-state index contributed by atoms with van der Waals surface area (Å²) >= 11 is 0. The van der Waals surface area contributed by atoms with E-state index >= 15 is 0 Å². The van der Waals surface area contributed by atoms with E-state index in [1.165, 1.54) is 41.4 Å². The average Bonchev–Trinajstić information content (AvgIpc) is 2.86. The topological polar surface area (TPSA) is 37.0 Å². The second-order valence-corrected chi connectivity index (χ2v) is 6.43. The number of rotatable bonds is 6. The summed E-state index contributed by atoms with van der Waals surface area (Å²) in [4.78, 5) is 3.62. The number of para-hydroxylation sites is 1. The molecular formula is C18H26N2O. The Morgan fingerprint density at radius 2 is 2.19 bits per heavy atom. The van der Waals surface area contributed by atoms with Gasteiger partial charge in [0.2, 0.25) is 0 Å². The highest BCUT2D eigenvalue weighted by Crippen LogP contribution is 2.34. The van der Waals surface area contributed by atoms with Crippen molar-refractivity contribution in [3.8, 4) is 0 Å². The zero-order valence-electron chi connectivity index (χ0n) is 13.1. The van der Waals surface area contributed by atoms with Crippen molar-refractivity contribution in [3.63, 3.8) is 0 Å². The van der Waals surface area contributed by atoms with Crippen LogP contribution in [0.4, 0.5) is 0 Å². The maximum absolute atomic E-state index is 5.66. The molecule has 0 aliphatic heterocycles. The Hall–Kier alpha value is -1.32. The molecule has 2 aromatic rings. The Labute approximate surface area is 127 Å². The smallest absolute Gasteiger partial charge is 0.0591 e. The number of hydrogen-bond donors (Lipinski definition) is 2. The van der Waals surface area contributed by atoms with Crippen molar-refractivity contribution in [1.82, 2.24) is 10.3 Å². The van der Waals surface area contributed by atoms with Gasteiger partial charge in [-0.25, -0.2) is 0 Å². The Morgan fingerprint density at radius 3 is 3.05 bits per heavy atom. The molecule has 1 heterocycles. The van der Waals surface area contributed by atoms with Crippen molar-refractivity contribution in [2.24, 2.45) is 5.92 Å². The third-order valence-corrected chi connectivity index (χ3v) is 4.20. The minimum atomic E-state index is 0.448. The summed E-state index contributed by atoms with van der Waals surface area (Å²) < 4.78 is 5.66. The summed E-state index contributed by atoms with van der Waals surface area (Å²) in [7, 11) is 0. The number of aromatic amines is 1. The molecule has 0 spiro atoms. The first-order valence-electron chi connectivity index (χ1n) is 8.16. The minimum absolute atomic E-state index is 0.448. The van der Waals surface area contributed by atoms with Crippen LogP contribution in [0.2, 0.25) is 0 Å². The summed E-state index contributed by atoms with van der Waals surface area (Å²) in [6.45, 7) is 6.94. The summed E-state index contributed by atoms with van der Waals surface area (Å²) in [5.41, 5.74) is 4.18. The van der Waals surface area contributed by atoms with Gasteiger partial charge in [-0.2, -0.15) is 0 Å². The molecule has 114 valence electrons. The van der Waals surface area contributed by atoms with Gasteiger partial charge < -0.3 is 15.0 Å². The lowest BCUT2D eigenvalue weighted by atomic mass is 9.92. The van der Waals surface area contributed by atoms with Crippen molar-refractivity contribution in [1.29, 1.82) is 0 Å². The SMILES string of the molecule is CC(C)COCCNC1CCCc2c1[nH]c1ccccc21. The molecule has 2 N–H and O–H groups in total. The van der Waals surface area contributed by atoms with Gasteiger partial charge in [0.15, 0.2) is 0 Å². The van der Waals surface area contributed by atoms with Gasteiger partial charge in [-0.05, 0) is 36.8 Å². The van der Waals surface area contributed by atoms with Crippen LogP contribution in [0.3, 0.4) is 0 Å². The van der Waals surface area contributed by atoms with E-state index in [9.17, 15) is 0 Å². The van der Waals surface area contributed by atoms with Crippen LogP contribution >= 0.6 is 0 Å². The number of H-pyrrole nitrogens is 1. The highest BCUT2D eigenvalue weighted by Gasteiger charge is 2.23. The first-order valence-corrected chi connectivity index (χ1v) is 8.16. The van der Waals surface area contributed by atoms with Gasteiger partial charge in [0.05, 0.1) is 6.61 Å². The Morgan fingerprint density at radius 1 is 1.33 bits per heavy atom. The molecule has 0 radical (unpaired) electrons. The molecule has 3 heteroatoms.